The number of aliphatic hydroxyl groups excluding tert-OH is 1. The average molecular weight is 345 g/mol. The molecule has 5 heteroatoms. The lowest BCUT2D eigenvalue weighted by Gasteiger charge is -2.08. The smallest absolute Gasteiger partial charge is 0.183 e. The fourth-order valence-corrected chi connectivity index (χ4v) is 5.70. The summed E-state index contributed by atoms with van der Waals surface area (Å²) in [5.41, 5.74) is 8.18. The number of rotatable bonds is 5. The summed E-state index contributed by atoms with van der Waals surface area (Å²) >= 11 is 0. The molecule has 1 aliphatic carbocycles. The molecular formula is C19H23NO3S. The van der Waals surface area contributed by atoms with Gasteiger partial charge in [0.15, 0.2) is 9.84 Å². The van der Waals surface area contributed by atoms with Crippen LogP contribution in [0.25, 0.3) is 0 Å². The summed E-state index contributed by atoms with van der Waals surface area (Å²) in [7, 11) is -3.60. The molecule has 0 saturated heterocycles. The van der Waals surface area contributed by atoms with Crippen molar-refractivity contribution in [3.63, 3.8) is 0 Å². The minimum Gasteiger partial charge on any atom is -0.394 e. The van der Waals surface area contributed by atoms with Gasteiger partial charge in [-0.3, -0.25) is 0 Å². The Kier molecular flexibility index (Phi) is 4.28. The van der Waals surface area contributed by atoms with Gasteiger partial charge in [0.2, 0.25) is 0 Å². The number of sulfone groups is 1. The molecule has 3 N–H and O–H groups in total. The van der Waals surface area contributed by atoms with Crippen LogP contribution in [0, 0.1) is 6.92 Å². The molecule has 0 radical (unpaired) electrons. The second-order valence-corrected chi connectivity index (χ2v) is 8.69. The average Bonchev–Trinajstić information content (AvgIpc) is 3.23. The van der Waals surface area contributed by atoms with Gasteiger partial charge in [0.05, 0.1) is 22.3 Å². The normalized spacial score (nSPS) is 26.3. The highest BCUT2D eigenvalue weighted by Crippen LogP contribution is 2.55. The van der Waals surface area contributed by atoms with Crippen molar-refractivity contribution in [2.24, 2.45) is 5.73 Å². The molecule has 3 atom stereocenters. The van der Waals surface area contributed by atoms with E-state index in [4.69, 9.17) is 5.73 Å². The first-order chi connectivity index (χ1) is 11.3. The zero-order chi connectivity index (χ0) is 17.5. The minimum absolute atomic E-state index is 0.258. The Bertz CT molecular complexity index is 828. The topological polar surface area (TPSA) is 80.4 Å². The van der Waals surface area contributed by atoms with Crippen molar-refractivity contribution in [2.45, 2.75) is 41.9 Å². The minimum atomic E-state index is -3.60. The lowest BCUT2D eigenvalue weighted by Crippen LogP contribution is -2.35. The van der Waals surface area contributed by atoms with E-state index in [0.717, 1.165) is 17.5 Å². The predicted molar refractivity (Wildman–Crippen MR) is 94.7 cm³/mol. The van der Waals surface area contributed by atoms with Crippen LogP contribution in [-0.4, -0.2) is 30.9 Å². The predicted octanol–water partition coefficient (Wildman–Crippen LogP) is 2.19. The van der Waals surface area contributed by atoms with E-state index in [0.29, 0.717) is 0 Å². The van der Waals surface area contributed by atoms with E-state index in [1.807, 2.05) is 31.2 Å². The largest absolute Gasteiger partial charge is 0.394 e. The van der Waals surface area contributed by atoms with Crippen molar-refractivity contribution in [3.8, 4) is 0 Å². The summed E-state index contributed by atoms with van der Waals surface area (Å²) in [6, 6.07) is 14.6. The Balaban J connectivity index is 1.98. The molecule has 4 nitrogen and oxygen atoms in total. The molecule has 0 aliphatic heterocycles. The molecule has 2 aromatic rings. The molecule has 0 bridgehead atoms. The summed E-state index contributed by atoms with van der Waals surface area (Å²) in [4.78, 5) is 0.258. The van der Waals surface area contributed by atoms with E-state index in [-0.39, 0.29) is 17.4 Å². The Morgan fingerprint density at radius 3 is 2.17 bits per heavy atom. The zero-order valence-electron chi connectivity index (χ0n) is 13.9. The van der Waals surface area contributed by atoms with E-state index in [9.17, 15) is 13.5 Å². The fraction of sp³-hybridized carbons (Fsp3) is 0.368. The molecular weight excluding hydrogens is 322 g/mol. The molecule has 0 heterocycles. The van der Waals surface area contributed by atoms with Gasteiger partial charge in [-0.15, -0.1) is 0 Å². The SMILES string of the molecule is CCc1ccc([C@H]2[C@@H](S(=O)(=O)c3ccc(C)cc3)[C@@]2(N)CO)cc1. The van der Waals surface area contributed by atoms with Crippen molar-refractivity contribution in [1.29, 1.82) is 0 Å². The highest BCUT2D eigenvalue weighted by molar-refractivity contribution is 7.92. The van der Waals surface area contributed by atoms with Crippen LogP contribution in [0.1, 0.15) is 29.5 Å². The number of aliphatic hydroxyl groups is 1. The second-order valence-electron chi connectivity index (χ2n) is 6.62. The molecule has 1 saturated carbocycles. The van der Waals surface area contributed by atoms with Gasteiger partial charge in [0.1, 0.15) is 0 Å². The first-order valence-corrected chi connectivity index (χ1v) is 9.68. The van der Waals surface area contributed by atoms with Gasteiger partial charge in [-0.1, -0.05) is 48.9 Å². The van der Waals surface area contributed by atoms with Gasteiger partial charge in [-0.2, -0.15) is 0 Å². The van der Waals surface area contributed by atoms with E-state index < -0.39 is 20.6 Å². The third-order valence-corrected chi connectivity index (χ3v) is 7.32. The van der Waals surface area contributed by atoms with Crippen molar-refractivity contribution < 1.29 is 13.5 Å². The Labute approximate surface area is 143 Å². The Morgan fingerprint density at radius 2 is 1.67 bits per heavy atom. The van der Waals surface area contributed by atoms with E-state index in [1.54, 1.807) is 24.3 Å². The first kappa shape index (κ1) is 17.1. The molecule has 1 fully saturated rings. The van der Waals surface area contributed by atoms with Crippen molar-refractivity contribution in [1.82, 2.24) is 0 Å². The fourth-order valence-electron chi connectivity index (χ4n) is 3.40. The third-order valence-electron chi connectivity index (χ3n) is 5.01. The van der Waals surface area contributed by atoms with E-state index >= 15 is 0 Å². The van der Waals surface area contributed by atoms with Crippen LogP contribution in [-0.2, 0) is 16.3 Å². The van der Waals surface area contributed by atoms with Crippen LogP contribution in [0.2, 0.25) is 0 Å². The quantitative estimate of drug-likeness (QED) is 0.870. The first-order valence-electron chi connectivity index (χ1n) is 8.13. The molecule has 0 amide bonds. The maximum absolute atomic E-state index is 13.0. The van der Waals surface area contributed by atoms with Crippen LogP contribution < -0.4 is 5.73 Å². The van der Waals surface area contributed by atoms with Crippen LogP contribution in [0.3, 0.4) is 0 Å². The molecule has 128 valence electrons. The number of hydrogen-bond donors (Lipinski definition) is 2. The van der Waals surface area contributed by atoms with Crippen LogP contribution >= 0.6 is 0 Å². The highest BCUT2D eigenvalue weighted by Gasteiger charge is 2.69. The van der Waals surface area contributed by atoms with Gasteiger partial charge < -0.3 is 10.8 Å². The monoisotopic (exact) mass is 345 g/mol. The highest BCUT2D eigenvalue weighted by atomic mass is 32.2. The van der Waals surface area contributed by atoms with Gasteiger partial charge in [0, 0.05) is 5.92 Å². The van der Waals surface area contributed by atoms with Gasteiger partial charge >= 0.3 is 0 Å². The number of benzene rings is 2. The van der Waals surface area contributed by atoms with Crippen LogP contribution in [0.5, 0.6) is 0 Å². The van der Waals surface area contributed by atoms with E-state index in [2.05, 4.69) is 6.92 Å². The Morgan fingerprint density at radius 1 is 1.08 bits per heavy atom. The van der Waals surface area contributed by atoms with Gasteiger partial charge in [-0.05, 0) is 36.6 Å². The number of nitrogens with two attached hydrogens (primary N) is 1. The summed E-state index contributed by atoms with van der Waals surface area (Å²) in [5.74, 6) is -0.389. The standard InChI is InChI=1S/C19H23NO3S/c1-3-14-6-8-15(9-7-14)17-18(19(17,20)12-21)24(22,23)16-10-4-13(2)5-11-16/h4-11,17-18,21H,3,12,20H2,1-2H3/t17-,18+,19+/m0/s1. The van der Waals surface area contributed by atoms with Crippen molar-refractivity contribution in [2.75, 3.05) is 6.61 Å². The van der Waals surface area contributed by atoms with Gasteiger partial charge in [-0.25, -0.2) is 8.42 Å². The molecule has 2 aromatic carbocycles. The van der Waals surface area contributed by atoms with Crippen molar-refractivity contribution >= 4 is 9.84 Å². The number of hydrogen-bond acceptors (Lipinski definition) is 4. The lowest BCUT2D eigenvalue weighted by molar-refractivity contribution is 0.253. The van der Waals surface area contributed by atoms with E-state index in [1.165, 1.54) is 5.56 Å². The summed E-state index contributed by atoms with van der Waals surface area (Å²) in [5, 5.41) is 8.93. The van der Waals surface area contributed by atoms with Gasteiger partial charge in [0.25, 0.3) is 0 Å². The molecule has 0 unspecified atom stereocenters. The van der Waals surface area contributed by atoms with Crippen LogP contribution in [0.4, 0.5) is 0 Å². The van der Waals surface area contributed by atoms with Crippen molar-refractivity contribution in [3.05, 3.63) is 65.2 Å². The molecule has 24 heavy (non-hydrogen) atoms. The molecule has 3 rings (SSSR count). The zero-order valence-corrected chi connectivity index (χ0v) is 14.8. The lowest BCUT2D eigenvalue weighted by atomic mass is 10.0. The van der Waals surface area contributed by atoms with Crippen LogP contribution in [0.15, 0.2) is 53.4 Å². The third kappa shape index (κ3) is 2.66. The summed E-state index contributed by atoms with van der Waals surface area (Å²) in [6.07, 6.45) is 0.920. The maximum Gasteiger partial charge on any atom is 0.183 e. The maximum atomic E-state index is 13.0. The summed E-state index contributed by atoms with van der Waals surface area (Å²) in [6.45, 7) is 3.62. The Hall–Kier alpha value is -1.69. The molecule has 0 aromatic heterocycles. The molecule has 1 aliphatic rings. The number of aryl methyl sites for hydroxylation is 2. The second kappa shape index (κ2) is 5.99. The summed E-state index contributed by atoms with van der Waals surface area (Å²) < 4.78 is 26.0. The molecule has 0 spiro atoms.